The van der Waals surface area contributed by atoms with Gasteiger partial charge < -0.3 is 4.90 Å². The maximum atomic E-state index is 12.2. The van der Waals surface area contributed by atoms with Crippen molar-refractivity contribution in [3.8, 4) is 0 Å². The number of hydrogen-bond donors (Lipinski definition) is 0. The minimum absolute atomic E-state index is 0.0145. The molecule has 0 amide bonds. The van der Waals surface area contributed by atoms with Gasteiger partial charge in [0.15, 0.2) is 0 Å². The standard InChI is InChI=1S/C20H26N6O/c1-24-20(27)15(5-6-23-24)8-25-9-16-11-26(12-17(16)10-25)19-7-18(21-13-22-19)14-3-2-4-14/h5-7,13-14,16-17H,2-4,8-12H2,1H3. The van der Waals surface area contributed by atoms with Crippen molar-refractivity contribution >= 4 is 5.82 Å². The van der Waals surface area contributed by atoms with Gasteiger partial charge in [-0.2, -0.15) is 5.10 Å². The minimum Gasteiger partial charge on any atom is -0.356 e. The Balaban J connectivity index is 1.23. The average Bonchev–Trinajstić information content (AvgIpc) is 3.16. The first kappa shape index (κ1) is 16.9. The van der Waals surface area contributed by atoms with E-state index >= 15 is 0 Å². The summed E-state index contributed by atoms with van der Waals surface area (Å²) in [6, 6.07) is 4.06. The van der Waals surface area contributed by atoms with Crippen molar-refractivity contribution in [2.24, 2.45) is 18.9 Å². The van der Waals surface area contributed by atoms with Crippen molar-refractivity contribution in [2.45, 2.75) is 31.7 Å². The van der Waals surface area contributed by atoms with Gasteiger partial charge in [0.2, 0.25) is 0 Å². The molecule has 0 radical (unpaired) electrons. The van der Waals surface area contributed by atoms with Gasteiger partial charge in [0.1, 0.15) is 12.1 Å². The third kappa shape index (κ3) is 3.14. The van der Waals surface area contributed by atoms with E-state index in [-0.39, 0.29) is 5.56 Å². The molecule has 1 aliphatic carbocycles. The predicted molar refractivity (Wildman–Crippen MR) is 103 cm³/mol. The lowest BCUT2D eigenvalue weighted by Gasteiger charge is -2.26. The van der Waals surface area contributed by atoms with Crippen LogP contribution in [0.25, 0.3) is 0 Å². The summed E-state index contributed by atoms with van der Waals surface area (Å²) in [4.78, 5) is 26.1. The van der Waals surface area contributed by atoms with Crippen LogP contribution in [0.15, 0.2) is 29.5 Å². The highest BCUT2D eigenvalue weighted by Crippen LogP contribution is 2.37. The Morgan fingerprint density at radius 2 is 1.89 bits per heavy atom. The van der Waals surface area contributed by atoms with Crippen molar-refractivity contribution in [3.63, 3.8) is 0 Å². The number of aromatic nitrogens is 4. The molecule has 2 saturated heterocycles. The van der Waals surface area contributed by atoms with Crippen LogP contribution in [0.5, 0.6) is 0 Å². The van der Waals surface area contributed by atoms with Gasteiger partial charge in [-0.05, 0) is 30.7 Å². The lowest BCUT2D eigenvalue weighted by Crippen LogP contribution is -2.32. The Kier molecular flexibility index (Phi) is 4.19. The van der Waals surface area contributed by atoms with Crippen LogP contribution in [0.3, 0.4) is 0 Å². The normalized spacial score (nSPS) is 25.6. The van der Waals surface area contributed by atoms with Crippen LogP contribution in [0.1, 0.15) is 36.4 Å². The monoisotopic (exact) mass is 366 g/mol. The molecule has 2 unspecified atom stereocenters. The third-order valence-electron chi connectivity index (χ3n) is 6.56. The fourth-order valence-corrected chi connectivity index (χ4v) is 4.78. The van der Waals surface area contributed by atoms with E-state index in [0.29, 0.717) is 17.8 Å². The molecule has 7 nitrogen and oxygen atoms in total. The van der Waals surface area contributed by atoms with Crippen LogP contribution in [0.2, 0.25) is 0 Å². The van der Waals surface area contributed by atoms with Crippen molar-refractivity contribution in [1.82, 2.24) is 24.6 Å². The molecule has 2 aromatic rings. The molecule has 0 spiro atoms. The zero-order valence-corrected chi connectivity index (χ0v) is 15.8. The summed E-state index contributed by atoms with van der Waals surface area (Å²) >= 11 is 0. The first-order chi connectivity index (χ1) is 13.2. The van der Waals surface area contributed by atoms with Crippen molar-refractivity contribution < 1.29 is 0 Å². The minimum atomic E-state index is 0.0145. The van der Waals surface area contributed by atoms with E-state index in [1.165, 1.54) is 29.6 Å². The molecule has 2 aromatic heterocycles. The fourth-order valence-electron chi connectivity index (χ4n) is 4.78. The van der Waals surface area contributed by atoms with Crippen LogP contribution in [0.4, 0.5) is 5.82 Å². The number of fused-ring (bicyclic) bond motifs is 1. The molecule has 4 heterocycles. The van der Waals surface area contributed by atoms with Crippen molar-refractivity contribution in [1.29, 1.82) is 0 Å². The van der Waals surface area contributed by atoms with Crippen LogP contribution >= 0.6 is 0 Å². The summed E-state index contributed by atoms with van der Waals surface area (Å²) in [5, 5.41) is 4.01. The van der Waals surface area contributed by atoms with E-state index < -0.39 is 0 Å². The van der Waals surface area contributed by atoms with Crippen LogP contribution in [-0.2, 0) is 13.6 Å². The number of anilines is 1. The summed E-state index contributed by atoms with van der Waals surface area (Å²) in [6.45, 7) is 4.93. The molecule has 0 bridgehead atoms. The molecule has 3 aliphatic rings. The highest BCUT2D eigenvalue weighted by molar-refractivity contribution is 5.42. The average molecular weight is 366 g/mol. The molecular formula is C20H26N6O. The van der Waals surface area contributed by atoms with Gasteiger partial charge in [0, 0.05) is 69.2 Å². The van der Waals surface area contributed by atoms with Crippen molar-refractivity contribution in [3.05, 3.63) is 46.3 Å². The molecule has 0 aromatic carbocycles. The molecule has 5 rings (SSSR count). The number of aryl methyl sites for hydroxylation is 1. The third-order valence-corrected chi connectivity index (χ3v) is 6.56. The van der Waals surface area contributed by atoms with Gasteiger partial charge >= 0.3 is 0 Å². The summed E-state index contributed by atoms with van der Waals surface area (Å²) < 4.78 is 1.42. The molecule has 0 N–H and O–H groups in total. The Morgan fingerprint density at radius 1 is 1.11 bits per heavy atom. The van der Waals surface area contributed by atoms with Crippen molar-refractivity contribution in [2.75, 3.05) is 31.1 Å². The van der Waals surface area contributed by atoms with E-state index in [2.05, 4.69) is 30.9 Å². The Morgan fingerprint density at radius 3 is 2.59 bits per heavy atom. The number of hydrogen-bond acceptors (Lipinski definition) is 6. The van der Waals surface area contributed by atoms with Gasteiger partial charge in [-0.15, -0.1) is 0 Å². The maximum Gasteiger partial charge on any atom is 0.270 e. The lowest BCUT2D eigenvalue weighted by atomic mass is 9.83. The molecule has 27 heavy (non-hydrogen) atoms. The molecular weight excluding hydrogens is 340 g/mol. The van der Waals surface area contributed by atoms with E-state index in [4.69, 9.17) is 0 Å². The fraction of sp³-hybridized carbons (Fsp3) is 0.600. The first-order valence-corrected chi connectivity index (χ1v) is 9.98. The first-order valence-electron chi connectivity index (χ1n) is 9.98. The number of likely N-dealkylation sites (tertiary alicyclic amines) is 1. The lowest BCUT2D eigenvalue weighted by molar-refractivity contribution is 0.306. The second-order valence-electron chi connectivity index (χ2n) is 8.33. The Labute approximate surface area is 159 Å². The molecule has 7 heteroatoms. The number of nitrogens with zero attached hydrogens (tertiary/aromatic N) is 6. The van der Waals surface area contributed by atoms with E-state index in [1.807, 2.05) is 6.07 Å². The second-order valence-corrected chi connectivity index (χ2v) is 8.33. The van der Waals surface area contributed by atoms with E-state index in [9.17, 15) is 4.79 Å². The zero-order chi connectivity index (χ0) is 18.4. The molecule has 2 aliphatic heterocycles. The van der Waals surface area contributed by atoms with Crippen LogP contribution in [0, 0.1) is 11.8 Å². The topological polar surface area (TPSA) is 67.2 Å². The zero-order valence-electron chi connectivity index (χ0n) is 15.8. The van der Waals surface area contributed by atoms with E-state index in [1.54, 1.807) is 19.6 Å². The van der Waals surface area contributed by atoms with Gasteiger partial charge in [-0.25, -0.2) is 14.6 Å². The SMILES string of the molecule is Cn1nccc(CN2CC3CN(c4cc(C5CCC5)ncn4)CC3C2)c1=O. The quantitative estimate of drug-likeness (QED) is 0.815. The van der Waals surface area contributed by atoms with Gasteiger partial charge in [0.25, 0.3) is 5.56 Å². The van der Waals surface area contributed by atoms with Gasteiger partial charge in [-0.3, -0.25) is 9.69 Å². The second kappa shape index (κ2) is 6.71. The summed E-state index contributed by atoms with van der Waals surface area (Å²) in [6.07, 6.45) is 7.32. The maximum absolute atomic E-state index is 12.2. The highest BCUT2D eigenvalue weighted by atomic mass is 16.1. The molecule has 3 fully saturated rings. The highest BCUT2D eigenvalue weighted by Gasteiger charge is 2.40. The molecule has 142 valence electrons. The summed E-state index contributed by atoms with van der Waals surface area (Å²) in [5.41, 5.74) is 2.07. The summed E-state index contributed by atoms with van der Waals surface area (Å²) in [7, 11) is 1.71. The van der Waals surface area contributed by atoms with Gasteiger partial charge in [-0.1, -0.05) is 6.42 Å². The molecule has 1 saturated carbocycles. The molecule has 2 atom stereocenters. The summed E-state index contributed by atoms with van der Waals surface area (Å²) in [5.74, 6) is 3.04. The predicted octanol–water partition coefficient (Wildman–Crippen LogP) is 1.41. The smallest absolute Gasteiger partial charge is 0.270 e. The van der Waals surface area contributed by atoms with Crippen LogP contribution in [-0.4, -0.2) is 50.8 Å². The number of rotatable bonds is 4. The Bertz CT molecular complexity index is 878. The van der Waals surface area contributed by atoms with Gasteiger partial charge in [0.05, 0.1) is 0 Å². The largest absolute Gasteiger partial charge is 0.356 e. The Hall–Kier alpha value is -2.28. The van der Waals surface area contributed by atoms with E-state index in [0.717, 1.165) is 44.1 Å². The van der Waals surface area contributed by atoms with Crippen LogP contribution < -0.4 is 10.5 Å².